The number of aromatic nitrogens is 2. The predicted octanol–water partition coefficient (Wildman–Crippen LogP) is 2.08. The number of nitrogens with zero attached hydrogens (tertiary/aromatic N) is 2. The zero-order valence-electron chi connectivity index (χ0n) is 7.95. The van der Waals surface area contributed by atoms with E-state index in [1.807, 2.05) is 24.7 Å². The maximum Gasteiger partial charge on any atom is 0.157 e. The average molecular weight is 168 g/mol. The standard InChI is InChI=1S/C9H16N2O/c1-4-5-11-7-9(6-10-11)12-8(2)3/h6-8H,4-5H2,1-3H3. The van der Waals surface area contributed by atoms with Crippen LogP contribution in [-0.2, 0) is 6.54 Å². The highest BCUT2D eigenvalue weighted by Gasteiger charge is 1.99. The van der Waals surface area contributed by atoms with Crippen LogP contribution in [0, 0.1) is 0 Å². The molecule has 0 aliphatic rings. The Hall–Kier alpha value is -0.990. The summed E-state index contributed by atoms with van der Waals surface area (Å²) < 4.78 is 7.36. The topological polar surface area (TPSA) is 27.1 Å². The lowest BCUT2D eigenvalue weighted by Crippen LogP contribution is -2.04. The second-order valence-electron chi connectivity index (χ2n) is 3.11. The quantitative estimate of drug-likeness (QED) is 0.688. The molecule has 0 atom stereocenters. The van der Waals surface area contributed by atoms with Crippen molar-refractivity contribution < 1.29 is 4.74 Å². The minimum atomic E-state index is 0.226. The van der Waals surface area contributed by atoms with Crippen molar-refractivity contribution >= 4 is 0 Å². The molecule has 3 heteroatoms. The van der Waals surface area contributed by atoms with Gasteiger partial charge in [0.05, 0.1) is 18.5 Å². The molecule has 0 aromatic carbocycles. The fraction of sp³-hybridized carbons (Fsp3) is 0.667. The Bertz CT molecular complexity index is 230. The van der Waals surface area contributed by atoms with Crippen LogP contribution in [0.4, 0.5) is 0 Å². The van der Waals surface area contributed by atoms with E-state index in [1.165, 1.54) is 0 Å². The van der Waals surface area contributed by atoms with Gasteiger partial charge in [0, 0.05) is 6.54 Å². The Morgan fingerprint density at radius 1 is 1.58 bits per heavy atom. The Balaban J connectivity index is 2.52. The summed E-state index contributed by atoms with van der Waals surface area (Å²) in [6.45, 7) is 7.11. The molecule has 0 saturated carbocycles. The van der Waals surface area contributed by atoms with E-state index in [4.69, 9.17) is 4.74 Å². The fourth-order valence-corrected chi connectivity index (χ4v) is 1.03. The number of rotatable bonds is 4. The molecule has 0 aliphatic heterocycles. The molecule has 0 bridgehead atoms. The zero-order valence-corrected chi connectivity index (χ0v) is 7.95. The fourth-order valence-electron chi connectivity index (χ4n) is 1.03. The summed E-state index contributed by atoms with van der Waals surface area (Å²) in [7, 11) is 0. The van der Waals surface area contributed by atoms with Gasteiger partial charge in [0.2, 0.25) is 0 Å². The van der Waals surface area contributed by atoms with Crippen molar-refractivity contribution in [3.05, 3.63) is 12.4 Å². The van der Waals surface area contributed by atoms with Gasteiger partial charge in [-0.25, -0.2) is 0 Å². The molecule has 0 fully saturated rings. The monoisotopic (exact) mass is 168 g/mol. The highest BCUT2D eigenvalue weighted by atomic mass is 16.5. The maximum absolute atomic E-state index is 5.46. The van der Waals surface area contributed by atoms with Crippen LogP contribution in [0.25, 0.3) is 0 Å². The van der Waals surface area contributed by atoms with Crippen molar-refractivity contribution in [1.82, 2.24) is 9.78 Å². The Labute approximate surface area is 73.3 Å². The highest BCUT2D eigenvalue weighted by Crippen LogP contribution is 2.10. The first kappa shape index (κ1) is 9.10. The molecule has 1 rings (SSSR count). The molecular weight excluding hydrogens is 152 g/mol. The van der Waals surface area contributed by atoms with Crippen LogP contribution in [0.15, 0.2) is 12.4 Å². The third kappa shape index (κ3) is 2.57. The second-order valence-corrected chi connectivity index (χ2v) is 3.11. The predicted molar refractivity (Wildman–Crippen MR) is 48.3 cm³/mol. The van der Waals surface area contributed by atoms with Crippen LogP contribution in [0.3, 0.4) is 0 Å². The normalized spacial score (nSPS) is 10.7. The Morgan fingerprint density at radius 2 is 2.33 bits per heavy atom. The molecule has 1 aromatic rings. The first-order valence-electron chi connectivity index (χ1n) is 4.41. The van der Waals surface area contributed by atoms with Gasteiger partial charge in [-0.2, -0.15) is 5.10 Å². The van der Waals surface area contributed by atoms with E-state index in [9.17, 15) is 0 Å². The maximum atomic E-state index is 5.46. The molecule has 0 spiro atoms. The summed E-state index contributed by atoms with van der Waals surface area (Å²) in [5.74, 6) is 0.860. The summed E-state index contributed by atoms with van der Waals surface area (Å²) in [4.78, 5) is 0. The molecule has 0 amide bonds. The van der Waals surface area contributed by atoms with E-state index >= 15 is 0 Å². The minimum absolute atomic E-state index is 0.226. The molecule has 0 unspecified atom stereocenters. The van der Waals surface area contributed by atoms with Gasteiger partial charge in [-0.05, 0) is 20.3 Å². The highest BCUT2D eigenvalue weighted by molar-refractivity contribution is 5.11. The van der Waals surface area contributed by atoms with Crippen LogP contribution < -0.4 is 4.74 Å². The van der Waals surface area contributed by atoms with Crippen LogP contribution in [-0.4, -0.2) is 15.9 Å². The molecule has 3 nitrogen and oxygen atoms in total. The van der Waals surface area contributed by atoms with Gasteiger partial charge < -0.3 is 4.74 Å². The molecule has 0 saturated heterocycles. The van der Waals surface area contributed by atoms with Gasteiger partial charge >= 0.3 is 0 Å². The summed E-state index contributed by atoms with van der Waals surface area (Å²) in [6.07, 6.45) is 5.02. The van der Waals surface area contributed by atoms with Gasteiger partial charge in [0.15, 0.2) is 5.75 Å². The van der Waals surface area contributed by atoms with Gasteiger partial charge in [0.1, 0.15) is 0 Å². The lowest BCUT2D eigenvalue weighted by atomic mass is 10.5. The van der Waals surface area contributed by atoms with Gasteiger partial charge in [-0.3, -0.25) is 4.68 Å². The van der Waals surface area contributed by atoms with E-state index < -0.39 is 0 Å². The van der Waals surface area contributed by atoms with E-state index in [2.05, 4.69) is 12.0 Å². The van der Waals surface area contributed by atoms with Gasteiger partial charge in [0.25, 0.3) is 0 Å². The summed E-state index contributed by atoms with van der Waals surface area (Å²) in [6, 6.07) is 0. The molecule has 0 N–H and O–H groups in total. The number of hydrogen-bond donors (Lipinski definition) is 0. The number of ether oxygens (including phenoxy) is 1. The molecule has 1 aromatic heterocycles. The lowest BCUT2D eigenvalue weighted by Gasteiger charge is -2.05. The van der Waals surface area contributed by atoms with E-state index in [0.29, 0.717) is 0 Å². The van der Waals surface area contributed by atoms with Crippen molar-refractivity contribution in [1.29, 1.82) is 0 Å². The first-order chi connectivity index (χ1) is 5.72. The van der Waals surface area contributed by atoms with Crippen LogP contribution in [0.2, 0.25) is 0 Å². The summed E-state index contributed by atoms with van der Waals surface area (Å²) >= 11 is 0. The molecule has 0 radical (unpaired) electrons. The van der Waals surface area contributed by atoms with Crippen LogP contribution in [0.5, 0.6) is 5.75 Å². The smallest absolute Gasteiger partial charge is 0.157 e. The molecule has 12 heavy (non-hydrogen) atoms. The van der Waals surface area contributed by atoms with Crippen molar-refractivity contribution in [3.63, 3.8) is 0 Å². The molecule has 68 valence electrons. The minimum Gasteiger partial charge on any atom is -0.488 e. The van der Waals surface area contributed by atoms with Crippen molar-refractivity contribution in [2.24, 2.45) is 0 Å². The van der Waals surface area contributed by atoms with E-state index in [-0.39, 0.29) is 6.10 Å². The average Bonchev–Trinajstić information content (AvgIpc) is 2.36. The van der Waals surface area contributed by atoms with E-state index in [0.717, 1.165) is 18.7 Å². The van der Waals surface area contributed by atoms with Crippen molar-refractivity contribution in [2.45, 2.75) is 39.8 Å². The van der Waals surface area contributed by atoms with E-state index in [1.54, 1.807) is 6.20 Å². The molecule has 1 heterocycles. The SMILES string of the molecule is CCCn1cc(OC(C)C)cn1. The summed E-state index contributed by atoms with van der Waals surface area (Å²) in [5.41, 5.74) is 0. The third-order valence-corrected chi connectivity index (χ3v) is 1.43. The Kier molecular flexibility index (Phi) is 3.14. The van der Waals surface area contributed by atoms with Crippen molar-refractivity contribution in [3.8, 4) is 5.75 Å². The zero-order chi connectivity index (χ0) is 8.97. The summed E-state index contributed by atoms with van der Waals surface area (Å²) in [5, 5.41) is 4.15. The van der Waals surface area contributed by atoms with Crippen LogP contribution in [0.1, 0.15) is 27.2 Å². The first-order valence-corrected chi connectivity index (χ1v) is 4.41. The van der Waals surface area contributed by atoms with Gasteiger partial charge in [-0.15, -0.1) is 0 Å². The Morgan fingerprint density at radius 3 is 2.92 bits per heavy atom. The number of hydrogen-bond acceptors (Lipinski definition) is 2. The largest absolute Gasteiger partial charge is 0.488 e. The van der Waals surface area contributed by atoms with Crippen LogP contribution >= 0.6 is 0 Å². The van der Waals surface area contributed by atoms with Gasteiger partial charge in [-0.1, -0.05) is 6.92 Å². The molecule has 0 aliphatic carbocycles. The third-order valence-electron chi connectivity index (χ3n) is 1.43. The number of aryl methyl sites for hydroxylation is 1. The lowest BCUT2D eigenvalue weighted by molar-refractivity contribution is 0.242. The molecular formula is C9H16N2O. The second kappa shape index (κ2) is 4.14. The van der Waals surface area contributed by atoms with Crippen molar-refractivity contribution in [2.75, 3.05) is 0 Å².